The van der Waals surface area contributed by atoms with Crippen LogP contribution in [0.5, 0.6) is 5.75 Å². The molecule has 0 aromatic heterocycles. The molecule has 0 aliphatic carbocycles. The summed E-state index contributed by atoms with van der Waals surface area (Å²) >= 11 is 0. The first kappa shape index (κ1) is 18.9. The number of benzene rings is 2. The summed E-state index contributed by atoms with van der Waals surface area (Å²) in [7, 11) is 0. The minimum atomic E-state index is -0.398. The van der Waals surface area contributed by atoms with Gasteiger partial charge in [0.1, 0.15) is 11.6 Å². The van der Waals surface area contributed by atoms with Crippen LogP contribution in [0.3, 0.4) is 0 Å². The highest BCUT2D eigenvalue weighted by atomic mass is 19.1. The predicted octanol–water partition coefficient (Wildman–Crippen LogP) is 3.25. The predicted molar refractivity (Wildman–Crippen MR) is 101 cm³/mol. The number of carbonyl (C=O) groups is 2. The molecule has 1 fully saturated rings. The van der Waals surface area contributed by atoms with E-state index in [4.69, 9.17) is 4.74 Å². The van der Waals surface area contributed by atoms with E-state index in [9.17, 15) is 14.0 Å². The highest BCUT2D eigenvalue weighted by Gasteiger charge is 2.31. The summed E-state index contributed by atoms with van der Waals surface area (Å²) in [6, 6.07) is 13.2. The summed E-state index contributed by atoms with van der Waals surface area (Å²) in [6.07, 6.45) is 0.186. The summed E-state index contributed by atoms with van der Waals surface area (Å²) < 4.78 is 18.9. The zero-order chi connectivity index (χ0) is 19.4. The highest BCUT2D eigenvalue weighted by Crippen LogP contribution is 2.22. The lowest BCUT2D eigenvalue weighted by atomic mass is 10.0. The van der Waals surface area contributed by atoms with Gasteiger partial charge in [0.2, 0.25) is 5.91 Å². The molecule has 142 valence electrons. The number of ether oxygens (including phenoxy) is 1. The molecule has 0 bridgehead atoms. The fourth-order valence-corrected chi connectivity index (χ4v) is 3.06. The van der Waals surface area contributed by atoms with Crippen LogP contribution in [0.1, 0.15) is 31.7 Å². The van der Waals surface area contributed by atoms with Gasteiger partial charge >= 0.3 is 0 Å². The number of nitrogens with zero attached hydrogens (tertiary/aromatic N) is 1. The molecular formula is C21H23FN2O3. The lowest BCUT2D eigenvalue weighted by Gasteiger charge is -2.17. The Balaban J connectivity index is 1.50. The molecule has 1 saturated heterocycles. The van der Waals surface area contributed by atoms with E-state index in [0.29, 0.717) is 23.9 Å². The zero-order valence-corrected chi connectivity index (χ0v) is 15.4. The summed E-state index contributed by atoms with van der Waals surface area (Å²) in [4.78, 5) is 25.8. The maximum absolute atomic E-state index is 13.4. The topological polar surface area (TPSA) is 58.6 Å². The van der Waals surface area contributed by atoms with Crippen molar-refractivity contribution in [2.75, 3.05) is 18.1 Å². The Morgan fingerprint density at radius 2 is 2.00 bits per heavy atom. The van der Waals surface area contributed by atoms with E-state index in [0.717, 1.165) is 0 Å². The van der Waals surface area contributed by atoms with Gasteiger partial charge in [-0.1, -0.05) is 32.0 Å². The maximum Gasteiger partial charge on any atom is 0.258 e. The summed E-state index contributed by atoms with van der Waals surface area (Å²) in [5.74, 6) is 0.226. The highest BCUT2D eigenvalue weighted by molar-refractivity contribution is 5.96. The average molecular weight is 370 g/mol. The van der Waals surface area contributed by atoms with E-state index in [1.54, 1.807) is 12.1 Å². The number of amides is 2. The van der Waals surface area contributed by atoms with Gasteiger partial charge in [0.25, 0.3) is 5.91 Å². The number of carbonyl (C=O) groups excluding carboxylic acids is 2. The molecule has 1 atom stereocenters. The average Bonchev–Trinajstić information content (AvgIpc) is 3.00. The van der Waals surface area contributed by atoms with Crippen LogP contribution in [0.15, 0.2) is 48.5 Å². The van der Waals surface area contributed by atoms with E-state index in [2.05, 4.69) is 19.2 Å². The monoisotopic (exact) mass is 370 g/mol. The minimum absolute atomic E-state index is 0.119. The van der Waals surface area contributed by atoms with Crippen LogP contribution in [0.4, 0.5) is 10.1 Å². The van der Waals surface area contributed by atoms with Crippen LogP contribution < -0.4 is 15.0 Å². The second-order valence-corrected chi connectivity index (χ2v) is 6.97. The van der Waals surface area contributed by atoms with Crippen molar-refractivity contribution < 1.29 is 18.7 Å². The molecule has 0 radical (unpaired) electrons. The third kappa shape index (κ3) is 4.84. The molecule has 1 aliphatic rings. The molecule has 2 amide bonds. The molecule has 2 aromatic rings. The third-order valence-electron chi connectivity index (χ3n) is 4.53. The first-order valence-corrected chi connectivity index (χ1v) is 9.00. The van der Waals surface area contributed by atoms with Gasteiger partial charge in [-0.3, -0.25) is 9.59 Å². The quantitative estimate of drug-likeness (QED) is 0.849. The van der Waals surface area contributed by atoms with Gasteiger partial charge in [-0.05, 0) is 41.8 Å². The van der Waals surface area contributed by atoms with Crippen molar-refractivity contribution in [1.82, 2.24) is 5.32 Å². The first-order valence-electron chi connectivity index (χ1n) is 9.00. The van der Waals surface area contributed by atoms with E-state index < -0.39 is 5.82 Å². The van der Waals surface area contributed by atoms with Gasteiger partial charge in [-0.15, -0.1) is 0 Å². The van der Waals surface area contributed by atoms with Crippen molar-refractivity contribution in [2.45, 2.75) is 32.2 Å². The first-order chi connectivity index (χ1) is 12.9. The van der Waals surface area contributed by atoms with Crippen molar-refractivity contribution in [1.29, 1.82) is 0 Å². The van der Waals surface area contributed by atoms with Gasteiger partial charge < -0.3 is 15.0 Å². The molecule has 0 saturated carbocycles. The van der Waals surface area contributed by atoms with Gasteiger partial charge in [0, 0.05) is 18.7 Å². The van der Waals surface area contributed by atoms with Crippen molar-refractivity contribution in [3.63, 3.8) is 0 Å². The van der Waals surface area contributed by atoms with Gasteiger partial charge in [-0.2, -0.15) is 0 Å². The smallest absolute Gasteiger partial charge is 0.258 e. The zero-order valence-electron chi connectivity index (χ0n) is 15.4. The molecule has 1 N–H and O–H groups in total. The van der Waals surface area contributed by atoms with Crippen molar-refractivity contribution >= 4 is 17.5 Å². The van der Waals surface area contributed by atoms with Gasteiger partial charge in [0.15, 0.2) is 6.61 Å². The Bertz CT molecular complexity index is 820. The Hall–Kier alpha value is -2.89. The molecule has 1 unspecified atom stereocenters. The summed E-state index contributed by atoms with van der Waals surface area (Å²) in [6.45, 7) is 4.42. The van der Waals surface area contributed by atoms with Crippen molar-refractivity contribution in [2.24, 2.45) is 0 Å². The lowest BCUT2D eigenvalue weighted by molar-refractivity contribution is -0.123. The Morgan fingerprint density at radius 3 is 2.67 bits per heavy atom. The molecule has 0 spiro atoms. The maximum atomic E-state index is 13.4. The molecular weight excluding hydrogens is 347 g/mol. The molecule has 5 nitrogen and oxygen atoms in total. The number of hydrogen-bond acceptors (Lipinski definition) is 3. The molecule has 1 heterocycles. The molecule has 1 aliphatic heterocycles. The van der Waals surface area contributed by atoms with Gasteiger partial charge in [0.05, 0.1) is 6.04 Å². The number of nitrogens with one attached hydrogen (secondary N) is 1. The number of halogens is 1. The van der Waals surface area contributed by atoms with Crippen LogP contribution in [-0.2, 0) is 9.59 Å². The molecule has 3 rings (SSSR count). The Labute approximate surface area is 158 Å². The Morgan fingerprint density at radius 1 is 1.26 bits per heavy atom. The fraction of sp³-hybridized carbons (Fsp3) is 0.333. The number of hydrogen-bond donors (Lipinski definition) is 1. The lowest BCUT2D eigenvalue weighted by Crippen LogP contribution is -2.39. The number of anilines is 1. The van der Waals surface area contributed by atoms with Crippen LogP contribution >= 0.6 is 0 Å². The van der Waals surface area contributed by atoms with E-state index in [1.165, 1.54) is 22.6 Å². The Kier molecular flexibility index (Phi) is 5.74. The van der Waals surface area contributed by atoms with Crippen molar-refractivity contribution in [3.05, 3.63) is 59.9 Å². The van der Waals surface area contributed by atoms with Crippen LogP contribution in [0, 0.1) is 5.82 Å². The van der Waals surface area contributed by atoms with E-state index >= 15 is 0 Å². The van der Waals surface area contributed by atoms with Crippen LogP contribution in [0.25, 0.3) is 0 Å². The summed E-state index contributed by atoms with van der Waals surface area (Å²) in [5.41, 5.74) is 1.70. The van der Waals surface area contributed by atoms with Crippen LogP contribution in [-0.4, -0.2) is 31.0 Å². The molecule has 2 aromatic carbocycles. The molecule has 6 heteroatoms. The normalized spacial score (nSPS) is 16.7. The minimum Gasteiger partial charge on any atom is -0.484 e. The summed E-state index contributed by atoms with van der Waals surface area (Å²) in [5, 5.41) is 2.80. The standard InChI is InChI=1S/C21H23FN2O3/c1-14(2)15-6-8-19(9-7-15)27-13-20(25)23-17-11-21(26)24(12-17)18-5-3-4-16(22)10-18/h3-10,14,17H,11-13H2,1-2H3,(H,23,25). The molecule has 27 heavy (non-hydrogen) atoms. The third-order valence-corrected chi connectivity index (χ3v) is 4.53. The van der Waals surface area contributed by atoms with Gasteiger partial charge in [-0.25, -0.2) is 4.39 Å². The second kappa shape index (κ2) is 8.20. The SMILES string of the molecule is CC(C)c1ccc(OCC(=O)NC2CC(=O)N(c3cccc(F)c3)C2)cc1. The number of rotatable bonds is 6. The fourth-order valence-electron chi connectivity index (χ4n) is 3.06. The largest absolute Gasteiger partial charge is 0.484 e. The van der Waals surface area contributed by atoms with E-state index in [-0.39, 0.29) is 30.9 Å². The van der Waals surface area contributed by atoms with Crippen molar-refractivity contribution in [3.8, 4) is 5.75 Å². The van der Waals surface area contributed by atoms with E-state index in [1.807, 2.05) is 24.3 Å². The second-order valence-electron chi connectivity index (χ2n) is 6.97. The van der Waals surface area contributed by atoms with Crippen LogP contribution in [0.2, 0.25) is 0 Å².